The number of rotatable bonds is 4. The van der Waals surface area contributed by atoms with Crippen LogP contribution in [0.4, 0.5) is 11.8 Å². The highest BCUT2D eigenvalue weighted by Gasteiger charge is 2.10. The zero-order valence-corrected chi connectivity index (χ0v) is 12.6. The van der Waals surface area contributed by atoms with E-state index in [0.29, 0.717) is 12.5 Å². The number of nitrogen functional groups attached to an aromatic ring is 1. The molecule has 0 amide bonds. The smallest absolute Gasteiger partial charge is 0.239 e. The van der Waals surface area contributed by atoms with Gasteiger partial charge < -0.3 is 4.90 Å². The first-order valence-corrected chi connectivity index (χ1v) is 6.72. The second kappa shape index (κ2) is 6.18. The summed E-state index contributed by atoms with van der Waals surface area (Å²) in [6.45, 7) is 0.681. The van der Waals surface area contributed by atoms with Crippen LogP contribution in [-0.2, 0) is 6.54 Å². The minimum Gasteiger partial charge on any atom is -0.354 e. The number of hydrogen-bond donors (Lipinski definition) is 2. The summed E-state index contributed by atoms with van der Waals surface area (Å²) in [4.78, 5) is 10.3. The Morgan fingerprint density at radius 2 is 2.26 bits per heavy atom. The van der Waals surface area contributed by atoms with Gasteiger partial charge in [-0.2, -0.15) is 4.98 Å². The zero-order valence-electron chi connectivity index (χ0n) is 10.3. The second-order valence-corrected chi connectivity index (χ2v) is 5.29. The van der Waals surface area contributed by atoms with Crippen LogP contribution in [0.1, 0.15) is 5.56 Å². The summed E-state index contributed by atoms with van der Waals surface area (Å²) in [6.07, 6.45) is 1.66. The van der Waals surface area contributed by atoms with E-state index in [2.05, 4.69) is 31.3 Å². The molecule has 0 spiro atoms. The van der Waals surface area contributed by atoms with Crippen molar-refractivity contribution >= 4 is 39.3 Å². The van der Waals surface area contributed by atoms with E-state index in [1.807, 2.05) is 36.2 Å². The second-order valence-electron chi connectivity index (χ2n) is 4.00. The van der Waals surface area contributed by atoms with E-state index < -0.39 is 0 Å². The first-order valence-electron chi connectivity index (χ1n) is 5.55. The minimum atomic E-state index is 0.371. The van der Waals surface area contributed by atoms with Crippen LogP contribution in [0.15, 0.2) is 34.9 Å². The van der Waals surface area contributed by atoms with Gasteiger partial charge in [0.2, 0.25) is 5.95 Å². The van der Waals surface area contributed by atoms with Gasteiger partial charge in [0.25, 0.3) is 0 Å². The Morgan fingerprint density at radius 1 is 1.47 bits per heavy atom. The highest BCUT2D eigenvalue weighted by molar-refractivity contribution is 9.10. The van der Waals surface area contributed by atoms with Gasteiger partial charge in [-0.25, -0.2) is 10.8 Å². The van der Waals surface area contributed by atoms with Gasteiger partial charge in [-0.15, -0.1) is 0 Å². The van der Waals surface area contributed by atoms with Crippen LogP contribution in [-0.4, -0.2) is 17.0 Å². The van der Waals surface area contributed by atoms with E-state index in [1.165, 1.54) is 0 Å². The van der Waals surface area contributed by atoms with Crippen LogP contribution < -0.4 is 16.2 Å². The van der Waals surface area contributed by atoms with Gasteiger partial charge in [-0.1, -0.05) is 23.7 Å². The molecule has 0 radical (unpaired) electrons. The Labute approximate surface area is 124 Å². The number of hydrazine groups is 1. The van der Waals surface area contributed by atoms with Gasteiger partial charge in [0.05, 0.1) is 4.47 Å². The fourth-order valence-electron chi connectivity index (χ4n) is 1.68. The van der Waals surface area contributed by atoms with Gasteiger partial charge in [-0.05, 0) is 33.6 Å². The molecule has 0 fully saturated rings. The van der Waals surface area contributed by atoms with Gasteiger partial charge >= 0.3 is 0 Å². The topological polar surface area (TPSA) is 67.1 Å². The Balaban J connectivity index is 2.22. The van der Waals surface area contributed by atoms with Gasteiger partial charge in [0, 0.05) is 24.8 Å². The van der Waals surface area contributed by atoms with Gasteiger partial charge in [0.15, 0.2) is 0 Å². The molecule has 0 aliphatic heterocycles. The fraction of sp³-hybridized carbons (Fsp3) is 0.167. The molecule has 1 aromatic carbocycles. The lowest BCUT2D eigenvalue weighted by Gasteiger charge is -2.20. The summed E-state index contributed by atoms with van der Waals surface area (Å²) in [6, 6.07) is 7.71. The summed E-state index contributed by atoms with van der Waals surface area (Å²) in [5, 5.41) is 0.719. The van der Waals surface area contributed by atoms with Crippen LogP contribution in [0.5, 0.6) is 0 Å². The predicted molar refractivity (Wildman–Crippen MR) is 81.1 cm³/mol. The normalized spacial score (nSPS) is 10.3. The summed E-state index contributed by atoms with van der Waals surface area (Å²) < 4.78 is 0.802. The van der Waals surface area contributed by atoms with E-state index in [4.69, 9.17) is 17.4 Å². The lowest BCUT2D eigenvalue weighted by molar-refractivity contribution is 0.886. The first-order chi connectivity index (χ1) is 9.10. The molecule has 0 saturated carbocycles. The largest absolute Gasteiger partial charge is 0.354 e. The number of hydrogen-bond acceptors (Lipinski definition) is 5. The Morgan fingerprint density at radius 3 is 2.95 bits per heavy atom. The van der Waals surface area contributed by atoms with E-state index in [9.17, 15) is 0 Å². The first kappa shape index (κ1) is 14.0. The molecule has 100 valence electrons. The number of nitrogens with one attached hydrogen (secondary N) is 1. The molecule has 0 aliphatic carbocycles. The van der Waals surface area contributed by atoms with Crippen molar-refractivity contribution in [2.45, 2.75) is 6.54 Å². The molecule has 0 saturated heterocycles. The maximum absolute atomic E-state index is 5.97. The van der Waals surface area contributed by atoms with E-state index >= 15 is 0 Å². The molecule has 2 rings (SSSR count). The number of anilines is 2. The summed E-state index contributed by atoms with van der Waals surface area (Å²) in [5.74, 6) is 6.44. The highest BCUT2D eigenvalue weighted by Crippen LogP contribution is 2.24. The average Bonchev–Trinajstić information content (AvgIpc) is 2.39. The molecule has 7 heteroatoms. The van der Waals surface area contributed by atoms with Crippen LogP contribution in [0.3, 0.4) is 0 Å². The molecule has 0 unspecified atom stereocenters. The van der Waals surface area contributed by atoms with Crippen LogP contribution >= 0.6 is 27.5 Å². The summed E-state index contributed by atoms with van der Waals surface area (Å²) in [7, 11) is 1.94. The number of aromatic nitrogens is 2. The quantitative estimate of drug-likeness (QED) is 0.660. The minimum absolute atomic E-state index is 0.371. The van der Waals surface area contributed by atoms with Crippen molar-refractivity contribution in [3.05, 3.63) is 45.5 Å². The SMILES string of the molecule is CN(Cc1cccc(Cl)c1)c1nc(NN)ncc1Br. The lowest BCUT2D eigenvalue weighted by atomic mass is 10.2. The molecule has 0 atom stereocenters. The standard InChI is InChI=1S/C12H13BrClN5/c1-19(7-8-3-2-4-9(14)5-8)11-10(13)6-16-12(17-11)18-15/h2-6H,7,15H2,1H3,(H,16,17,18). The van der Waals surface area contributed by atoms with Crippen LogP contribution in [0, 0.1) is 0 Å². The highest BCUT2D eigenvalue weighted by atomic mass is 79.9. The molecule has 3 N–H and O–H groups in total. The van der Waals surface area contributed by atoms with Crippen molar-refractivity contribution in [3.63, 3.8) is 0 Å². The van der Waals surface area contributed by atoms with E-state index in [1.54, 1.807) is 6.20 Å². The van der Waals surface area contributed by atoms with Crippen molar-refractivity contribution in [1.29, 1.82) is 0 Å². The van der Waals surface area contributed by atoms with Crippen molar-refractivity contribution in [3.8, 4) is 0 Å². The third-order valence-electron chi connectivity index (χ3n) is 2.53. The van der Waals surface area contributed by atoms with E-state index in [0.717, 1.165) is 20.9 Å². The Bertz CT molecular complexity index is 578. The maximum Gasteiger partial charge on any atom is 0.239 e. The fourth-order valence-corrected chi connectivity index (χ4v) is 2.39. The Hall–Kier alpha value is -1.37. The average molecular weight is 343 g/mol. The molecule has 1 heterocycles. The summed E-state index contributed by atoms with van der Waals surface area (Å²) >= 11 is 9.40. The lowest BCUT2D eigenvalue weighted by Crippen LogP contribution is -2.20. The molecule has 0 bridgehead atoms. The zero-order chi connectivity index (χ0) is 13.8. The monoisotopic (exact) mass is 341 g/mol. The number of nitrogens with zero attached hydrogens (tertiary/aromatic N) is 3. The molecule has 0 aliphatic rings. The van der Waals surface area contributed by atoms with Crippen molar-refractivity contribution in [2.24, 2.45) is 5.84 Å². The number of nitrogens with two attached hydrogens (primary N) is 1. The Kier molecular flexibility index (Phi) is 4.57. The van der Waals surface area contributed by atoms with Crippen molar-refractivity contribution < 1.29 is 0 Å². The molecular weight excluding hydrogens is 330 g/mol. The molecule has 2 aromatic rings. The van der Waals surface area contributed by atoms with Crippen molar-refractivity contribution in [1.82, 2.24) is 9.97 Å². The van der Waals surface area contributed by atoms with Gasteiger partial charge in [-0.3, -0.25) is 5.43 Å². The van der Waals surface area contributed by atoms with Crippen LogP contribution in [0.2, 0.25) is 5.02 Å². The third kappa shape index (κ3) is 3.56. The molecule has 5 nitrogen and oxygen atoms in total. The molecule has 1 aromatic heterocycles. The third-order valence-corrected chi connectivity index (χ3v) is 3.32. The van der Waals surface area contributed by atoms with E-state index in [-0.39, 0.29) is 0 Å². The van der Waals surface area contributed by atoms with Crippen LogP contribution in [0.25, 0.3) is 0 Å². The number of halogens is 2. The summed E-state index contributed by atoms with van der Waals surface area (Å²) in [5.41, 5.74) is 3.53. The molecule has 19 heavy (non-hydrogen) atoms. The number of benzene rings is 1. The van der Waals surface area contributed by atoms with Crippen molar-refractivity contribution in [2.75, 3.05) is 17.4 Å². The molecular formula is C12H13BrClN5. The van der Waals surface area contributed by atoms with Gasteiger partial charge in [0.1, 0.15) is 5.82 Å². The predicted octanol–water partition coefficient (Wildman–Crippen LogP) is 2.81. The maximum atomic E-state index is 5.97.